The van der Waals surface area contributed by atoms with E-state index >= 15 is 0 Å². The number of nitrogens with one attached hydrogen (secondary N) is 1. The third-order valence-corrected chi connectivity index (χ3v) is 7.71. The van der Waals surface area contributed by atoms with Gasteiger partial charge in [0, 0.05) is 31.4 Å². The molecule has 2 saturated heterocycles. The average molecular weight is 394 g/mol. The first-order chi connectivity index (χ1) is 12.7. The standard InChI is InChI=1S/C18H27N5O3S/c1-11-6-12(2)17(13(3)7-11)27(25,26)23-14-4-5-15(23)10-22(9-14)18(24)16(8-19)21-20/h6-8,14-15,21H,4-5,9-10,19-20H2,1-3H3/b16-8-. The number of carbonyl (C=O) groups is 1. The maximum absolute atomic E-state index is 13.5. The van der Waals surface area contributed by atoms with Crippen molar-refractivity contribution in [2.45, 2.75) is 50.6 Å². The van der Waals surface area contributed by atoms with E-state index in [1.54, 1.807) is 9.21 Å². The number of hydrogen-bond donors (Lipinski definition) is 3. The number of hydrogen-bond acceptors (Lipinski definition) is 6. The summed E-state index contributed by atoms with van der Waals surface area (Å²) >= 11 is 0. The Morgan fingerprint density at radius 2 is 1.67 bits per heavy atom. The van der Waals surface area contributed by atoms with Gasteiger partial charge in [-0.3, -0.25) is 10.6 Å². The summed E-state index contributed by atoms with van der Waals surface area (Å²) in [5.41, 5.74) is 10.4. The summed E-state index contributed by atoms with van der Waals surface area (Å²) in [6, 6.07) is 3.31. The zero-order chi connectivity index (χ0) is 19.9. The Bertz CT molecular complexity index is 859. The maximum atomic E-state index is 13.5. The van der Waals surface area contributed by atoms with Crippen LogP contribution in [0.15, 0.2) is 28.9 Å². The molecule has 0 spiro atoms. The third-order valence-electron chi connectivity index (χ3n) is 5.40. The number of aryl methyl sites for hydroxylation is 3. The number of fused-ring (bicyclic) bond motifs is 2. The molecule has 2 fully saturated rings. The smallest absolute Gasteiger partial charge is 0.272 e. The highest BCUT2D eigenvalue weighted by molar-refractivity contribution is 7.89. The van der Waals surface area contributed by atoms with E-state index in [1.165, 1.54) is 0 Å². The Morgan fingerprint density at radius 3 is 2.11 bits per heavy atom. The summed E-state index contributed by atoms with van der Waals surface area (Å²) in [5, 5.41) is 0. The molecule has 1 amide bonds. The number of amides is 1. The van der Waals surface area contributed by atoms with Crippen LogP contribution in [0.3, 0.4) is 0 Å². The lowest BCUT2D eigenvalue weighted by Crippen LogP contribution is -2.58. The van der Waals surface area contributed by atoms with E-state index in [0.717, 1.165) is 35.7 Å². The van der Waals surface area contributed by atoms with Gasteiger partial charge in [0.1, 0.15) is 5.70 Å². The van der Waals surface area contributed by atoms with Crippen molar-refractivity contribution >= 4 is 15.9 Å². The van der Waals surface area contributed by atoms with Gasteiger partial charge in [-0.25, -0.2) is 8.42 Å². The lowest BCUT2D eigenvalue weighted by Gasteiger charge is -2.40. The molecule has 2 aliphatic rings. The molecule has 27 heavy (non-hydrogen) atoms. The quantitative estimate of drug-likeness (QED) is 0.383. The van der Waals surface area contributed by atoms with Crippen LogP contribution in [0.1, 0.15) is 29.5 Å². The van der Waals surface area contributed by atoms with E-state index in [2.05, 4.69) is 5.43 Å². The fourth-order valence-corrected chi connectivity index (χ4v) is 6.72. The van der Waals surface area contributed by atoms with Crippen molar-refractivity contribution in [3.8, 4) is 0 Å². The van der Waals surface area contributed by atoms with Crippen molar-refractivity contribution < 1.29 is 13.2 Å². The maximum Gasteiger partial charge on any atom is 0.272 e. The van der Waals surface area contributed by atoms with Gasteiger partial charge in [-0.05, 0) is 44.7 Å². The summed E-state index contributed by atoms with van der Waals surface area (Å²) in [6.07, 6.45) is 2.59. The number of rotatable bonds is 4. The first-order valence-electron chi connectivity index (χ1n) is 8.99. The fourth-order valence-electron chi connectivity index (χ4n) is 4.45. The molecule has 2 heterocycles. The van der Waals surface area contributed by atoms with Gasteiger partial charge in [-0.2, -0.15) is 4.31 Å². The van der Waals surface area contributed by atoms with E-state index < -0.39 is 10.0 Å². The zero-order valence-corrected chi connectivity index (χ0v) is 16.7. The Balaban J connectivity index is 1.92. The van der Waals surface area contributed by atoms with Gasteiger partial charge < -0.3 is 16.1 Å². The van der Waals surface area contributed by atoms with Gasteiger partial charge in [0.05, 0.1) is 4.90 Å². The van der Waals surface area contributed by atoms with Crippen LogP contribution in [0, 0.1) is 20.8 Å². The highest BCUT2D eigenvalue weighted by Gasteiger charge is 2.48. The number of benzene rings is 1. The molecular formula is C18H27N5O3S. The topological polar surface area (TPSA) is 122 Å². The minimum absolute atomic E-state index is 0.107. The molecule has 9 heteroatoms. The highest BCUT2D eigenvalue weighted by Crippen LogP contribution is 2.37. The average Bonchev–Trinajstić information content (AvgIpc) is 2.86. The van der Waals surface area contributed by atoms with Crippen LogP contribution in [-0.2, 0) is 14.8 Å². The van der Waals surface area contributed by atoms with E-state index in [9.17, 15) is 13.2 Å². The van der Waals surface area contributed by atoms with Crippen LogP contribution in [0.2, 0.25) is 0 Å². The first kappa shape index (κ1) is 19.7. The molecule has 0 radical (unpaired) electrons. The molecule has 148 valence electrons. The second-order valence-electron chi connectivity index (χ2n) is 7.38. The molecule has 8 nitrogen and oxygen atoms in total. The SMILES string of the molecule is Cc1cc(C)c(S(=O)(=O)N2C3CCC2CN(C(=O)/C(=C/N)NN)C3)c(C)c1. The fraction of sp³-hybridized carbons (Fsp3) is 0.500. The van der Waals surface area contributed by atoms with Crippen LogP contribution >= 0.6 is 0 Å². The monoisotopic (exact) mass is 393 g/mol. The second kappa shape index (κ2) is 7.14. The Labute approximate surface area is 160 Å². The number of piperazine rings is 1. The van der Waals surface area contributed by atoms with Gasteiger partial charge in [0.15, 0.2) is 0 Å². The zero-order valence-electron chi connectivity index (χ0n) is 15.9. The van der Waals surface area contributed by atoms with Crippen LogP contribution in [-0.4, -0.2) is 48.7 Å². The number of carbonyl (C=O) groups excluding carboxylic acids is 1. The summed E-state index contributed by atoms with van der Waals surface area (Å²) in [7, 11) is -3.64. The molecule has 0 saturated carbocycles. The predicted octanol–water partition coefficient (Wildman–Crippen LogP) is 0.239. The van der Waals surface area contributed by atoms with Crippen molar-refractivity contribution in [2.75, 3.05) is 13.1 Å². The molecule has 2 aliphatic heterocycles. The van der Waals surface area contributed by atoms with Gasteiger partial charge in [-0.1, -0.05) is 17.7 Å². The highest BCUT2D eigenvalue weighted by atomic mass is 32.2. The minimum Gasteiger partial charge on any atom is -0.403 e. The van der Waals surface area contributed by atoms with Gasteiger partial charge >= 0.3 is 0 Å². The molecule has 2 bridgehead atoms. The van der Waals surface area contributed by atoms with Crippen LogP contribution in [0.25, 0.3) is 0 Å². The lowest BCUT2D eigenvalue weighted by molar-refractivity contribution is -0.129. The Morgan fingerprint density at radius 1 is 1.15 bits per heavy atom. The summed E-state index contributed by atoms with van der Waals surface area (Å²) in [6.45, 7) is 6.28. The van der Waals surface area contributed by atoms with Gasteiger partial charge in [0.25, 0.3) is 5.91 Å². The van der Waals surface area contributed by atoms with E-state index in [1.807, 2.05) is 32.9 Å². The normalized spacial score (nSPS) is 23.6. The molecule has 5 N–H and O–H groups in total. The van der Waals surface area contributed by atoms with E-state index in [4.69, 9.17) is 11.6 Å². The molecule has 1 aromatic carbocycles. The first-order valence-corrected chi connectivity index (χ1v) is 10.4. The minimum atomic E-state index is -3.64. The van der Waals surface area contributed by atoms with E-state index in [-0.39, 0.29) is 23.7 Å². The summed E-state index contributed by atoms with van der Waals surface area (Å²) in [5.74, 6) is 5.03. The molecule has 0 aliphatic carbocycles. The predicted molar refractivity (Wildman–Crippen MR) is 103 cm³/mol. The largest absolute Gasteiger partial charge is 0.403 e. The van der Waals surface area contributed by atoms with E-state index in [0.29, 0.717) is 18.0 Å². The number of nitrogens with zero attached hydrogens (tertiary/aromatic N) is 2. The molecule has 3 rings (SSSR count). The number of sulfonamides is 1. The van der Waals surface area contributed by atoms with Crippen LogP contribution < -0.4 is 17.0 Å². The summed E-state index contributed by atoms with van der Waals surface area (Å²) in [4.78, 5) is 14.5. The Kier molecular flexibility index (Phi) is 5.20. The molecule has 2 unspecified atom stereocenters. The second-order valence-corrected chi connectivity index (χ2v) is 9.16. The third kappa shape index (κ3) is 3.30. The molecular weight excluding hydrogens is 366 g/mol. The van der Waals surface area contributed by atoms with Crippen molar-refractivity contribution in [3.05, 3.63) is 40.7 Å². The Hall–Kier alpha value is -2.10. The van der Waals surface area contributed by atoms with Crippen molar-refractivity contribution in [3.63, 3.8) is 0 Å². The number of likely N-dealkylation sites (tertiary alicyclic amines) is 1. The van der Waals surface area contributed by atoms with Gasteiger partial charge in [0.2, 0.25) is 10.0 Å². The lowest BCUT2D eigenvalue weighted by atomic mass is 10.1. The van der Waals surface area contributed by atoms with Crippen LogP contribution in [0.4, 0.5) is 0 Å². The molecule has 0 aromatic heterocycles. The van der Waals surface area contributed by atoms with Crippen molar-refractivity contribution in [2.24, 2.45) is 11.6 Å². The van der Waals surface area contributed by atoms with Crippen LogP contribution in [0.5, 0.6) is 0 Å². The van der Waals surface area contributed by atoms with Crippen molar-refractivity contribution in [1.82, 2.24) is 14.6 Å². The number of hydrazine groups is 1. The summed E-state index contributed by atoms with van der Waals surface area (Å²) < 4.78 is 28.6. The number of nitrogens with two attached hydrogens (primary N) is 2. The molecule has 2 atom stereocenters. The molecule has 1 aromatic rings. The van der Waals surface area contributed by atoms with Gasteiger partial charge in [-0.15, -0.1) is 0 Å². The van der Waals surface area contributed by atoms with Crippen molar-refractivity contribution in [1.29, 1.82) is 0 Å².